The van der Waals surface area contributed by atoms with Gasteiger partial charge in [0.15, 0.2) is 6.10 Å². The highest BCUT2D eigenvalue weighted by Crippen LogP contribution is 2.15. The molecule has 0 aromatic heterocycles. The van der Waals surface area contributed by atoms with Crippen LogP contribution in [0.4, 0.5) is 0 Å². The van der Waals surface area contributed by atoms with Gasteiger partial charge in [-0.2, -0.15) is 0 Å². The van der Waals surface area contributed by atoms with Crippen molar-refractivity contribution in [1.29, 1.82) is 0 Å². The Morgan fingerprint density at radius 1 is 0.368 bits per heavy atom. The van der Waals surface area contributed by atoms with E-state index in [0.29, 0.717) is 19.3 Å². The Labute approximate surface area is 352 Å². The molecule has 0 aromatic rings. The van der Waals surface area contributed by atoms with Gasteiger partial charge in [0.05, 0.1) is 0 Å². The van der Waals surface area contributed by atoms with Gasteiger partial charge in [0.1, 0.15) is 13.2 Å². The SMILES string of the molecule is CC\C=C/C=C\C=C/CCCCCCCC(=O)OC(COC(=O)CCCCCCC/C=C\CCCC)COC(=O)CCCCCCCCCCCCCCCCC. The maximum Gasteiger partial charge on any atom is 0.306 e. The molecule has 0 radical (unpaired) electrons. The Morgan fingerprint density at radius 3 is 1.16 bits per heavy atom. The normalized spacial score (nSPS) is 12.4. The van der Waals surface area contributed by atoms with Crippen LogP contribution in [0, 0.1) is 0 Å². The maximum atomic E-state index is 12.7. The molecule has 0 bridgehead atoms. The van der Waals surface area contributed by atoms with E-state index in [4.69, 9.17) is 14.2 Å². The lowest BCUT2D eigenvalue weighted by Crippen LogP contribution is -2.30. The molecule has 0 aliphatic carbocycles. The third-order valence-electron chi connectivity index (χ3n) is 10.4. The molecule has 0 aliphatic rings. The zero-order valence-corrected chi connectivity index (χ0v) is 37.6. The first-order valence-corrected chi connectivity index (χ1v) is 24.2. The molecule has 6 heteroatoms. The highest BCUT2D eigenvalue weighted by atomic mass is 16.6. The molecule has 0 fully saturated rings. The zero-order valence-electron chi connectivity index (χ0n) is 37.6. The van der Waals surface area contributed by atoms with Gasteiger partial charge >= 0.3 is 17.9 Å². The Balaban J connectivity index is 4.38. The second-order valence-corrected chi connectivity index (χ2v) is 16.1. The van der Waals surface area contributed by atoms with Crippen LogP contribution in [0.15, 0.2) is 48.6 Å². The van der Waals surface area contributed by atoms with Crippen LogP contribution < -0.4 is 0 Å². The summed E-state index contributed by atoms with van der Waals surface area (Å²) in [5.74, 6) is -0.910. The number of allylic oxidation sites excluding steroid dienone is 8. The number of rotatable bonds is 43. The van der Waals surface area contributed by atoms with Crippen molar-refractivity contribution in [2.24, 2.45) is 0 Å². The minimum Gasteiger partial charge on any atom is -0.462 e. The second-order valence-electron chi connectivity index (χ2n) is 16.1. The summed E-state index contributed by atoms with van der Waals surface area (Å²) in [7, 11) is 0. The molecule has 6 nitrogen and oxygen atoms in total. The number of hydrogen-bond donors (Lipinski definition) is 0. The lowest BCUT2D eigenvalue weighted by Gasteiger charge is -2.18. The van der Waals surface area contributed by atoms with Crippen LogP contribution >= 0.6 is 0 Å². The highest BCUT2D eigenvalue weighted by Gasteiger charge is 2.19. The first-order chi connectivity index (χ1) is 28.0. The van der Waals surface area contributed by atoms with Crippen molar-refractivity contribution in [2.45, 2.75) is 245 Å². The first kappa shape index (κ1) is 54.4. The van der Waals surface area contributed by atoms with E-state index < -0.39 is 6.10 Å². The summed E-state index contributed by atoms with van der Waals surface area (Å²) in [5, 5.41) is 0. The minimum absolute atomic E-state index is 0.0823. The summed E-state index contributed by atoms with van der Waals surface area (Å²) in [5.41, 5.74) is 0. The molecule has 57 heavy (non-hydrogen) atoms. The van der Waals surface area contributed by atoms with Gasteiger partial charge in [-0.25, -0.2) is 0 Å². The fraction of sp³-hybridized carbons (Fsp3) is 0.784. The van der Waals surface area contributed by atoms with E-state index in [0.717, 1.165) is 89.9 Å². The Bertz CT molecular complexity index is 1010. The van der Waals surface area contributed by atoms with E-state index >= 15 is 0 Å². The van der Waals surface area contributed by atoms with Crippen LogP contribution in [0.25, 0.3) is 0 Å². The van der Waals surface area contributed by atoms with Crippen LogP contribution in [0.1, 0.15) is 239 Å². The van der Waals surface area contributed by atoms with E-state index in [1.54, 1.807) is 0 Å². The van der Waals surface area contributed by atoms with Crippen LogP contribution in [0.3, 0.4) is 0 Å². The standard InChI is InChI=1S/C51H90O6/c1-4-7-10-13-16-19-22-24-25-27-29-32-35-38-41-44-50(53)56-47-48(46-55-49(52)43-40-37-34-31-28-21-18-15-12-9-6-3)57-51(54)45-42-39-36-33-30-26-23-20-17-14-11-8-5-2/h8,11,14-15,17-18,20,23,48H,4-7,9-10,12-13,16,19,21-22,24-47H2,1-3H3/b11-8-,17-14-,18-15-,23-20-. The van der Waals surface area contributed by atoms with Crippen molar-refractivity contribution in [3.63, 3.8) is 0 Å². The predicted octanol–water partition coefficient (Wildman–Crippen LogP) is 15.5. The van der Waals surface area contributed by atoms with Crippen LogP contribution in [0.2, 0.25) is 0 Å². The van der Waals surface area contributed by atoms with Crippen molar-refractivity contribution in [2.75, 3.05) is 13.2 Å². The molecule has 0 saturated heterocycles. The van der Waals surface area contributed by atoms with Gasteiger partial charge in [-0.3, -0.25) is 14.4 Å². The molecular formula is C51H90O6. The van der Waals surface area contributed by atoms with E-state index in [-0.39, 0.29) is 31.1 Å². The lowest BCUT2D eigenvalue weighted by molar-refractivity contribution is -0.167. The molecule has 0 aromatic carbocycles. The van der Waals surface area contributed by atoms with Gasteiger partial charge in [-0.15, -0.1) is 0 Å². The summed E-state index contributed by atoms with van der Waals surface area (Å²) >= 11 is 0. The average Bonchev–Trinajstić information content (AvgIpc) is 3.21. The van der Waals surface area contributed by atoms with Crippen molar-refractivity contribution in [3.8, 4) is 0 Å². The number of hydrogen-bond acceptors (Lipinski definition) is 6. The predicted molar refractivity (Wildman–Crippen MR) is 242 cm³/mol. The molecular weight excluding hydrogens is 709 g/mol. The van der Waals surface area contributed by atoms with Gasteiger partial charge in [-0.1, -0.05) is 211 Å². The van der Waals surface area contributed by atoms with Gasteiger partial charge in [-0.05, 0) is 57.8 Å². The number of carbonyl (C=O) groups excluding carboxylic acids is 3. The smallest absolute Gasteiger partial charge is 0.306 e. The second kappa shape index (κ2) is 46.1. The Hall–Kier alpha value is -2.63. The molecule has 1 atom stereocenters. The van der Waals surface area contributed by atoms with Crippen molar-refractivity contribution in [3.05, 3.63) is 48.6 Å². The number of ether oxygens (including phenoxy) is 3. The topological polar surface area (TPSA) is 78.9 Å². The molecule has 0 saturated carbocycles. The Morgan fingerprint density at radius 2 is 0.719 bits per heavy atom. The third-order valence-corrected chi connectivity index (χ3v) is 10.4. The van der Waals surface area contributed by atoms with E-state index in [1.807, 2.05) is 0 Å². The monoisotopic (exact) mass is 799 g/mol. The summed E-state index contributed by atoms with van der Waals surface area (Å²) in [6.07, 6.45) is 53.8. The summed E-state index contributed by atoms with van der Waals surface area (Å²) in [6.45, 7) is 6.45. The molecule has 0 amide bonds. The number of unbranched alkanes of at least 4 members (excludes halogenated alkanes) is 26. The van der Waals surface area contributed by atoms with Gasteiger partial charge in [0.25, 0.3) is 0 Å². The Kier molecular flexibility index (Phi) is 43.9. The molecule has 330 valence electrons. The molecule has 0 rings (SSSR count). The van der Waals surface area contributed by atoms with E-state index in [2.05, 4.69) is 69.4 Å². The van der Waals surface area contributed by atoms with Crippen molar-refractivity contribution >= 4 is 17.9 Å². The van der Waals surface area contributed by atoms with Crippen LogP contribution in [-0.2, 0) is 28.6 Å². The van der Waals surface area contributed by atoms with Crippen molar-refractivity contribution < 1.29 is 28.6 Å². The molecule has 1 unspecified atom stereocenters. The van der Waals surface area contributed by atoms with E-state index in [9.17, 15) is 14.4 Å². The first-order valence-electron chi connectivity index (χ1n) is 24.2. The number of carbonyl (C=O) groups is 3. The fourth-order valence-corrected chi connectivity index (χ4v) is 6.72. The lowest BCUT2D eigenvalue weighted by atomic mass is 10.0. The fourth-order valence-electron chi connectivity index (χ4n) is 6.72. The molecule has 0 spiro atoms. The van der Waals surface area contributed by atoms with Crippen LogP contribution in [0.5, 0.6) is 0 Å². The minimum atomic E-state index is -0.782. The van der Waals surface area contributed by atoms with E-state index in [1.165, 1.54) is 109 Å². The largest absolute Gasteiger partial charge is 0.462 e. The average molecular weight is 799 g/mol. The highest BCUT2D eigenvalue weighted by molar-refractivity contribution is 5.71. The summed E-state index contributed by atoms with van der Waals surface area (Å²) in [4.78, 5) is 37.8. The van der Waals surface area contributed by atoms with Crippen molar-refractivity contribution in [1.82, 2.24) is 0 Å². The molecule has 0 N–H and O–H groups in total. The summed E-state index contributed by atoms with van der Waals surface area (Å²) < 4.78 is 16.7. The van der Waals surface area contributed by atoms with Gasteiger partial charge in [0.2, 0.25) is 0 Å². The quantitative estimate of drug-likeness (QED) is 0.0201. The van der Waals surface area contributed by atoms with Gasteiger partial charge in [0, 0.05) is 19.3 Å². The molecule has 0 heterocycles. The van der Waals surface area contributed by atoms with Crippen LogP contribution in [-0.4, -0.2) is 37.2 Å². The molecule has 0 aliphatic heterocycles. The zero-order chi connectivity index (χ0) is 41.5. The third kappa shape index (κ3) is 44.3. The maximum absolute atomic E-state index is 12.7. The van der Waals surface area contributed by atoms with Gasteiger partial charge < -0.3 is 14.2 Å². The number of esters is 3. The summed E-state index contributed by atoms with van der Waals surface area (Å²) in [6, 6.07) is 0.